The molecule has 7 heteroatoms. The van der Waals surface area contributed by atoms with Crippen LogP contribution in [0.3, 0.4) is 0 Å². The Morgan fingerprint density at radius 3 is 1.88 bits per heavy atom. The lowest BCUT2D eigenvalue weighted by Gasteiger charge is -2.29. The maximum Gasteiger partial charge on any atom is 0.217 e. The zero-order valence-electron chi connectivity index (χ0n) is 10.0. The average Bonchev–Trinajstić information content (AvgIpc) is 2.20. The molecule has 0 heterocycles. The van der Waals surface area contributed by atoms with E-state index in [-0.39, 0.29) is 0 Å². The minimum atomic E-state index is -1.40. The van der Waals surface area contributed by atoms with Crippen molar-refractivity contribution < 1.29 is 24.6 Å². The molecule has 7 nitrogen and oxygen atoms in total. The van der Waals surface area contributed by atoms with Crippen molar-refractivity contribution in [2.45, 2.75) is 45.1 Å². The molecular formula is C10H18N2O5. The van der Waals surface area contributed by atoms with Crippen LogP contribution >= 0.6 is 0 Å². The molecule has 0 spiro atoms. The largest absolute Gasteiger partial charge is 0.391 e. The highest BCUT2D eigenvalue weighted by Crippen LogP contribution is 2.04. The van der Waals surface area contributed by atoms with Crippen molar-refractivity contribution in [1.82, 2.24) is 10.6 Å². The highest BCUT2D eigenvalue weighted by atomic mass is 16.3. The number of amides is 2. The summed E-state index contributed by atoms with van der Waals surface area (Å²) in [5, 5.41) is 23.8. The van der Waals surface area contributed by atoms with Gasteiger partial charge in [-0.1, -0.05) is 0 Å². The van der Waals surface area contributed by atoms with Crippen molar-refractivity contribution in [1.29, 1.82) is 0 Å². The smallest absolute Gasteiger partial charge is 0.217 e. The van der Waals surface area contributed by atoms with Gasteiger partial charge >= 0.3 is 0 Å². The summed E-state index contributed by atoms with van der Waals surface area (Å²) in [4.78, 5) is 32.4. The molecule has 0 aliphatic carbocycles. The van der Waals surface area contributed by atoms with Crippen molar-refractivity contribution >= 4 is 18.1 Å². The third-order valence-corrected chi connectivity index (χ3v) is 2.14. The molecule has 17 heavy (non-hydrogen) atoms. The van der Waals surface area contributed by atoms with Crippen molar-refractivity contribution in [2.24, 2.45) is 0 Å². The zero-order valence-corrected chi connectivity index (χ0v) is 10.0. The van der Waals surface area contributed by atoms with Gasteiger partial charge in [0.05, 0.1) is 12.1 Å². The number of rotatable bonds is 6. The summed E-state index contributed by atoms with van der Waals surface area (Å²) in [5.74, 6) is -0.948. The fourth-order valence-corrected chi connectivity index (χ4v) is 1.38. The summed E-state index contributed by atoms with van der Waals surface area (Å²) in [6.45, 7) is 3.77. The quantitative estimate of drug-likeness (QED) is 0.402. The Hall–Kier alpha value is -1.47. The first-order valence-corrected chi connectivity index (χ1v) is 5.15. The number of aldehydes is 1. The van der Waals surface area contributed by atoms with Crippen LogP contribution in [0, 0.1) is 0 Å². The lowest BCUT2D eigenvalue weighted by molar-refractivity contribution is -0.126. The Balaban J connectivity index is 4.77. The van der Waals surface area contributed by atoms with Crippen LogP contribution in [-0.2, 0) is 14.4 Å². The molecule has 2 amide bonds. The number of hydrogen-bond acceptors (Lipinski definition) is 5. The standard InChI is InChI=1S/C10H18N2O5/c1-5(14)9(12-7(3)16)10(17)8(4-13)11-6(2)15/h4-5,8-10,14,17H,1-3H3,(H,11,15)(H,12,16)/t5-,8-,9+,10-/m1/s1. The molecule has 0 saturated carbocycles. The molecule has 0 aromatic rings. The van der Waals surface area contributed by atoms with Crippen molar-refractivity contribution in [3.63, 3.8) is 0 Å². The predicted molar refractivity (Wildman–Crippen MR) is 59.0 cm³/mol. The number of nitrogens with one attached hydrogen (secondary N) is 2. The minimum Gasteiger partial charge on any atom is -0.391 e. The minimum absolute atomic E-state index is 0.350. The van der Waals surface area contributed by atoms with E-state index in [0.717, 1.165) is 0 Å². The summed E-state index contributed by atoms with van der Waals surface area (Å²) in [6.07, 6.45) is -2.12. The molecule has 0 bridgehead atoms. The predicted octanol–water partition coefficient (Wildman–Crippen LogP) is -2.06. The van der Waals surface area contributed by atoms with Gasteiger partial charge in [0, 0.05) is 13.8 Å². The summed E-state index contributed by atoms with van der Waals surface area (Å²) in [6, 6.07) is -2.21. The third-order valence-electron chi connectivity index (χ3n) is 2.14. The summed E-state index contributed by atoms with van der Waals surface area (Å²) >= 11 is 0. The van der Waals surface area contributed by atoms with Gasteiger partial charge in [0.25, 0.3) is 0 Å². The third kappa shape index (κ3) is 5.41. The maximum atomic E-state index is 10.9. The molecule has 0 aromatic carbocycles. The monoisotopic (exact) mass is 246 g/mol. The van der Waals surface area contributed by atoms with E-state index in [1.807, 2.05) is 0 Å². The second kappa shape index (κ2) is 6.97. The first-order valence-electron chi connectivity index (χ1n) is 5.15. The topological polar surface area (TPSA) is 116 Å². The lowest BCUT2D eigenvalue weighted by atomic mass is 9.99. The van der Waals surface area contributed by atoms with Gasteiger partial charge in [-0.25, -0.2) is 0 Å². The van der Waals surface area contributed by atoms with E-state index in [1.54, 1.807) is 0 Å². The molecule has 0 aromatic heterocycles. The molecule has 0 saturated heterocycles. The average molecular weight is 246 g/mol. The molecule has 98 valence electrons. The Labute approximate surface area is 99.2 Å². The number of carbonyl (C=O) groups is 3. The molecule has 0 rings (SSSR count). The van der Waals surface area contributed by atoms with E-state index in [4.69, 9.17) is 0 Å². The van der Waals surface area contributed by atoms with Crippen molar-refractivity contribution in [3.05, 3.63) is 0 Å². The lowest BCUT2D eigenvalue weighted by Crippen LogP contribution is -2.58. The molecule has 0 fully saturated rings. The summed E-state index contributed by atoms with van der Waals surface area (Å²) in [7, 11) is 0. The number of hydrogen-bond donors (Lipinski definition) is 4. The molecule has 0 aliphatic heterocycles. The van der Waals surface area contributed by atoms with E-state index in [0.29, 0.717) is 6.29 Å². The van der Waals surface area contributed by atoms with Crippen molar-refractivity contribution in [2.75, 3.05) is 0 Å². The first-order chi connectivity index (χ1) is 7.79. The second-order valence-corrected chi connectivity index (χ2v) is 3.82. The number of aliphatic hydroxyl groups is 2. The van der Waals surface area contributed by atoms with E-state index in [2.05, 4.69) is 10.6 Å². The van der Waals surface area contributed by atoms with Crippen LogP contribution in [0.5, 0.6) is 0 Å². The Bertz CT molecular complexity index is 292. The van der Waals surface area contributed by atoms with Crippen LogP contribution < -0.4 is 10.6 Å². The fraction of sp³-hybridized carbons (Fsp3) is 0.700. The van der Waals surface area contributed by atoms with Crippen LogP contribution in [0.2, 0.25) is 0 Å². The molecule has 0 radical (unpaired) electrons. The Morgan fingerprint density at radius 2 is 1.59 bits per heavy atom. The highest BCUT2D eigenvalue weighted by Gasteiger charge is 2.31. The number of aliphatic hydroxyl groups excluding tert-OH is 2. The molecular weight excluding hydrogens is 228 g/mol. The van der Waals surface area contributed by atoms with Gasteiger partial charge in [-0.15, -0.1) is 0 Å². The van der Waals surface area contributed by atoms with Gasteiger partial charge in [-0.05, 0) is 6.92 Å². The van der Waals surface area contributed by atoms with E-state index < -0.39 is 36.1 Å². The summed E-state index contributed by atoms with van der Waals surface area (Å²) in [5.41, 5.74) is 0. The second-order valence-electron chi connectivity index (χ2n) is 3.82. The van der Waals surface area contributed by atoms with Crippen LogP contribution in [0.15, 0.2) is 0 Å². The first kappa shape index (κ1) is 15.5. The van der Waals surface area contributed by atoms with Crippen molar-refractivity contribution in [3.8, 4) is 0 Å². The summed E-state index contributed by atoms with van der Waals surface area (Å²) < 4.78 is 0. The van der Waals surface area contributed by atoms with Gasteiger partial charge in [-0.3, -0.25) is 9.59 Å². The van der Waals surface area contributed by atoms with Gasteiger partial charge in [0.15, 0.2) is 0 Å². The van der Waals surface area contributed by atoms with Crippen LogP contribution in [0.4, 0.5) is 0 Å². The SMILES string of the molecule is CC(=O)N[C@H]([C@H](O)[C@@H](C=O)NC(C)=O)[C@@H](C)O. The molecule has 4 N–H and O–H groups in total. The molecule has 0 unspecified atom stereocenters. The Morgan fingerprint density at radius 1 is 1.12 bits per heavy atom. The zero-order chi connectivity index (χ0) is 13.6. The van der Waals surface area contributed by atoms with E-state index >= 15 is 0 Å². The fourth-order valence-electron chi connectivity index (χ4n) is 1.38. The van der Waals surface area contributed by atoms with E-state index in [1.165, 1.54) is 20.8 Å². The highest BCUT2D eigenvalue weighted by molar-refractivity contribution is 5.78. The van der Waals surface area contributed by atoms with Crippen LogP contribution in [0.25, 0.3) is 0 Å². The normalized spacial score (nSPS) is 17.5. The maximum absolute atomic E-state index is 10.9. The van der Waals surface area contributed by atoms with E-state index in [9.17, 15) is 24.6 Å². The molecule has 4 atom stereocenters. The van der Waals surface area contributed by atoms with Crippen LogP contribution in [-0.4, -0.2) is 52.6 Å². The van der Waals surface area contributed by atoms with Gasteiger partial charge < -0.3 is 25.6 Å². The van der Waals surface area contributed by atoms with Gasteiger partial charge in [0.2, 0.25) is 11.8 Å². The van der Waals surface area contributed by atoms with Crippen LogP contribution in [0.1, 0.15) is 20.8 Å². The molecule has 0 aliphatic rings. The Kier molecular flexibility index (Phi) is 6.37. The van der Waals surface area contributed by atoms with Gasteiger partial charge in [-0.2, -0.15) is 0 Å². The number of carbonyl (C=O) groups excluding carboxylic acids is 3. The van der Waals surface area contributed by atoms with Gasteiger partial charge in [0.1, 0.15) is 18.4 Å².